The van der Waals surface area contributed by atoms with Crippen LogP contribution in [-0.2, 0) is 21.3 Å². The standard InChI is InChI=1S/C16H19BrN2O5S2/c1-2-23-16(20)12-5-10-24-13(12)11-18-6-8-19(9-7-18)26(21,22)15-4-3-14(17)25-15/h3-5,10H,2,6-9,11H2,1H3. The molecule has 142 valence electrons. The maximum atomic E-state index is 12.7. The molecule has 2 aromatic heterocycles. The molecule has 10 heteroatoms. The first-order valence-electron chi connectivity index (χ1n) is 8.13. The van der Waals surface area contributed by atoms with Crippen LogP contribution in [0.4, 0.5) is 0 Å². The predicted molar refractivity (Wildman–Crippen MR) is 101 cm³/mol. The third-order valence-electron chi connectivity index (χ3n) is 4.08. The highest BCUT2D eigenvalue weighted by molar-refractivity contribution is 9.11. The lowest BCUT2D eigenvalue weighted by Crippen LogP contribution is -2.48. The van der Waals surface area contributed by atoms with Crippen LogP contribution in [-0.4, -0.2) is 56.4 Å². The van der Waals surface area contributed by atoms with Crippen molar-refractivity contribution in [1.82, 2.24) is 9.21 Å². The summed E-state index contributed by atoms with van der Waals surface area (Å²) in [7, 11) is -3.46. The molecule has 3 heterocycles. The Morgan fingerprint density at radius 1 is 1.27 bits per heavy atom. The Kier molecular flexibility index (Phi) is 6.18. The SMILES string of the molecule is CCOC(=O)c1ccoc1CN1CCN(S(=O)(=O)c2ccc(Br)s2)CC1. The zero-order chi connectivity index (χ0) is 18.7. The quantitative estimate of drug-likeness (QED) is 0.613. The number of halogens is 1. The van der Waals surface area contributed by atoms with Crippen molar-refractivity contribution in [2.45, 2.75) is 17.7 Å². The minimum atomic E-state index is -3.46. The summed E-state index contributed by atoms with van der Waals surface area (Å²) in [5.41, 5.74) is 0.422. The first-order chi connectivity index (χ1) is 12.4. The van der Waals surface area contributed by atoms with Gasteiger partial charge in [0.25, 0.3) is 10.0 Å². The summed E-state index contributed by atoms with van der Waals surface area (Å²) in [4.78, 5) is 14.0. The van der Waals surface area contributed by atoms with E-state index in [9.17, 15) is 13.2 Å². The van der Waals surface area contributed by atoms with Gasteiger partial charge < -0.3 is 9.15 Å². The van der Waals surface area contributed by atoms with Crippen molar-refractivity contribution in [3.05, 3.63) is 39.6 Å². The number of ether oxygens (including phenoxy) is 1. The Morgan fingerprint density at radius 2 is 2.00 bits per heavy atom. The molecule has 0 N–H and O–H groups in total. The molecule has 1 fully saturated rings. The highest BCUT2D eigenvalue weighted by Crippen LogP contribution is 2.29. The van der Waals surface area contributed by atoms with Crippen LogP contribution in [0.25, 0.3) is 0 Å². The lowest BCUT2D eigenvalue weighted by Gasteiger charge is -2.33. The number of piperazine rings is 1. The van der Waals surface area contributed by atoms with Crippen molar-refractivity contribution >= 4 is 43.3 Å². The lowest BCUT2D eigenvalue weighted by molar-refractivity contribution is 0.0521. The molecule has 1 aliphatic rings. The predicted octanol–water partition coefficient (Wildman–Crippen LogP) is 2.79. The van der Waals surface area contributed by atoms with Crippen LogP contribution < -0.4 is 0 Å². The molecular weight excluding hydrogens is 444 g/mol. The molecule has 0 spiro atoms. The van der Waals surface area contributed by atoms with E-state index in [2.05, 4.69) is 20.8 Å². The van der Waals surface area contributed by atoms with Crippen LogP contribution in [0.2, 0.25) is 0 Å². The lowest BCUT2D eigenvalue weighted by atomic mass is 10.2. The number of carbonyl (C=O) groups excluding carboxylic acids is 1. The number of esters is 1. The molecule has 0 saturated carbocycles. The first-order valence-corrected chi connectivity index (χ1v) is 11.2. The number of sulfonamides is 1. The minimum Gasteiger partial charge on any atom is -0.467 e. The topological polar surface area (TPSA) is 80.1 Å². The zero-order valence-corrected chi connectivity index (χ0v) is 17.4. The third kappa shape index (κ3) is 4.20. The Labute approximate surface area is 164 Å². The second kappa shape index (κ2) is 8.22. The summed E-state index contributed by atoms with van der Waals surface area (Å²) in [6.07, 6.45) is 1.47. The van der Waals surface area contributed by atoms with Crippen LogP contribution in [0.3, 0.4) is 0 Å². The van der Waals surface area contributed by atoms with E-state index in [0.29, 0.717) is 54.9 Å². The molecule has 0 bridgehead atoms. The van der Waals surface area contributed by atoms with E-state index in [1.807, 2.05) is 0 Å². The van der Waals surface area contributed by atoms with Gasteiger partial charge >= 0.3 is 5.97 Å². The Bertz CT molecular complexity index is 869. The minimum absolute atomic E-state index is 0.304. The maximum Gasteiger partial charge on any atom is 0.341 e. The van der Waals surface area contributed by atoms with Gasteiger partial charge in [0.15, 0.2) is 0 Å². The van der Waals surface area contributed by atoms with Gasteiger partial charge in [-0.15, -0.1) is 11.3 Å². The number of hydrogen-bond donors (Lipinski definition) is 0. The van der Waals surface area contributed by atoms with Gasteiger partial charge in [-0.1, -0.05) is 0 Å². The van der Waals surface area contributed by atoms with Crippen molar-refractivity contribution in [2.24, 2.45) is 0 Å². The van der Waals surface area contributed by atoms with Crippen molar-refractivity contribution in [3.63, 3.8) is 0 Å². The van der Waals surface area contributed by atoms with Gasteiger partial charge in [-0.2, -0.15) is 4.31 Å². The van der Waals surface area contributed by atoms with Crippen LogP contribution in [0.15, 0.2) is 36.9 Å². The molecule has 1 aliphatic heterocycles. The van der Waals surface area contributed by atoms with E-state index < -0.39 is 16.0 Å². The maximum absolute atomic E-state index is 12.7. The summed E-state index contributed by atoms with van der Waals surface area (Å²) in [6.45, 7) is 4.42. The molecule has 7 nitrogen and oxygen atoms in total. The Hall–Kier alpha value is -1.20. The second-order valence-corrected chi connectivity index (χ2v) is 10.3. The molecule has 0 atom stereocenters. The average molecular weight is 463 g/mol. The first kappa shape index (κ1) is 19.6. The normalized spacial score (nSPS) is 16.7. The molecule has 0 aliphatic carbocycles. The molecule has 1 saturated heterocycles. The van der Waals surface area contributed by atoms with E-state index in [4.69, 9.17) is 9.15 Å². The average Bonchev–Trinajstić information content (AvgIpc) is 3.25. The second-order valence-electron chi connectivity index (χ2n) is 5.72. The van der Waals surface area contributed by atoms with Gasteiger partial charge in [0, 0.05) is 26.2 Å². The third-order valence-corrected chi connectivity index (χ3v) is 8.07. The summed E-state index contributed by atoms with van der Waals surface area (Å²) < 4.78 is 38.4. The van der Waals surface area contributed by atoms with Crippen LogP contribution >= 0.6 is 27.3 Å². The van der Waals surface area contributed by atoms with Crippen LogP contribution in [0, 0.1) is 0 Å². The monoisotopic (exact) mass is 462 g/mol. The van der Waals surface area contributed by atoms with E-state index in [-0.39, 0.29) is 0 Å². The van der Waals surface area contributed by atoms with Crippen molar-refractivity contribution in [2.75, 3.05) is 32.8 Å². The van der Waals surface area contributed by atoms with Crippen LogP contribution in [0.5, 0.6) is 0 Å². The molecule has 26 heavy (non-hydrogen) atoms. The molecule has 0 radical (unpaired) electrons. The van der Waals surface area contributed by atoms with Crippen molar-refractivity contribution < 1.29 is 22.4 Å². The summed E-state index contributed by atoms with van der Waals surface area (Å²) >= 11 is 4.51. The van der Waals surface area contributed by atoms with E-state index in [0.717, 1.165) is 3.79 Å². The Morgan fingerprint density at radius 3 is 2.62 bits per heavy atom. The Balaban J connectivity index is 1.61. The highest BCUT2D eigenvalue weighted by atomic mass is 79.9. The molecule has 0 amide bonds. The number of thiophene rings is 1. The fraction of sp³-hybridized carbons (Fsp3) is 0.438. The molecule has 0 aromatic carbocycles. The molecule has 2 aromatic rings. The number of hydrogen-bond acceptors (Lipinski definition) is 7. The van der Waals surface area contributed by atoms with Crippen molar-refractivity contribution in [3.8, 4) is 0 Å². The summed E-state index contributed by atoms with van der Waals surface area (Å²) in [5, 5.41) is 0. The number of rotatable bonds is 6. The summed E-state index contributed by atoms with van der Waals surface area (Å²) in [5.74, 6) is 0.141. The number of furan rings is 1. The summed E-state index contributed by atoms with van der Waals surface area (Å²) in [6, 6.07) is 4.95. The van der Waals surface area contributed by atoms with Gasteiger partial charge in [-0.3, -0.25) is 4.90 Å². The molecule has 0 unspecified atom stereocenters. The van der Waals surface area contributed by atoms with Gasteiger partial charge in [0.1, 0.15) is 15.5 Å². The van der Waals surface area contributed by atoms with Crippen LogP contribution in [0.1, 0.15) is 23.0 Å². The molecule has 3 rings (SSSR count). The van der Waals surface area contributed by atoms with Gasteiger partial charge in [-0.05, 0) is 41.1 Å². The zero-order valence-electron chi connectivity index (χ0n) is 14.2. The van der Waals surface area contributed by atoms with E-state index in [1.165, 1.54) is 21.9 Å². The fourth-order valence-corrected chi connectivity index (χ4v) is 6.33. The van der Waals surface area contributed by atoms with Gasteiger partial charge in [0.05, 0.1) is 23.2 Å². The highest BCUT2D eigenvalue weighted by Gasteiger charge is 2.30. The largest absolute Gasteiger partial charge is 0.467 e. The van der Waals surface area contributed by atoms with Crippen molar-refractivity contribution in [1.29, 1.82) is 0 Å². The molecular formula is C16H19BrN2O5S2. The van der Waals surface area contributed by atoms with Gasteiger partial charge in [0.2, 0.25) is 0 Å². The number of carbonyl (C=O) groups is 1. The smallest absolute Gasteiger partial charge is 0.341 e. The van der Waals surface area contributed by atoms with Gasteiger partial charge in [-0.25, -0.2) is 13.2 Å². The number of nitrogens with zero attached hydrogens (tertiary/aromatic N) is 2. The van der Waals surface area contributed by atoms with E-state index in [1.54, 1.807) is 25.1 Å². The fourth-order valence-electron chi connectivity index (χ4n) is 2.75. The van der Waals surface area contributed by atoms with E-state index >= 15 is 0 Å².